The molecule has 0 aliphatic heterocycles. The lowest BCUT2D eigenvalue weighted by molar-refractivity contribution is 0.618. The van der Waals surface area contributed by atoms with Crippen molar-refractivity contribution in [3.05, 3.63) is 29.6 Å². The van der Waals surface area contributed by atoms with E-state index in [2.05, 4.69) is 0 Å². The Morgan fingerprint density at radius 3 is 2.67 bits per heavy atom. The first-order valence-corrected chi connectivity index (χ1v) is 4.22. The zero-order valence-electron chi connectivity index (χ0n) is 7.14. The molecule has 1 aromatic rings. The van der Waals surface area contributed by atoms with Gasteiger partial charge in [0.25, 0.3) is 0 Å². The fourth-order valence-corrected chi connectivity index (χ4v) is 1.07. The molecule has 0 aliphatic carbocycles. The number of hydrogen-bond acceptors (Lipinski definition) is 1. The molecule has 0 bridgehead atoms. The fraction of sp³-hybridized carbons (Fsp3) is 0.333. The van der Waals surface area contributed by atoms with E-state index in [0.29, 0.717) is 11.6 Å². The molecule has 1 nitrogen and oxygen atoms in total. The van der Waals surface area contributed by atoms with Crippen LogP contribution in [0.25, 0.3) is 0 Å². The molecule has 0 unspecified atom stereocenters. The van der Waals surface area contributed by atoms with Crippen molar-refractivity contribution in [2.45, 2.75) is 6.92 Å². The van der Waals surface area contributed by atoms with Gasteiger partial charge in [-0.15, -0.1) is 11.6 Å². The molecule has 66 valence electrons. The third-order valence-corrected chi connectivity index (χ3v) is 2.12. The maximum absolute atomic E-state index is 12.8. The summed E-state index contributed by atoms with van der Waals surface area (Å²) in [7, 11) is 1.86. The largest absolute Gasteiger partial charge is 0.361 e. The summed E-state index contributed by atoms with van der Waals surface area (Å²) in [6.07, 6.45) is 0. The van der Waals surface area contributed by atoms with E-state index in [-0.39, 0.29) is 5.82 Å². The summed E-state index contributed by atoms with van der Waals surface area (Å²) in [5.41, 5.74) is 1.58. The zero-order chi connectivity index (χ0) is 9.14. The molecule has 0 heterocycles. The van der Waals surface area contributed by atoms with Crippen LogP contribution in [0.3, 0.4) is 0 Å². The van der Waals surface area contributed by atoms with Gasteiger partial charge in [-0.05, 0) is 30.7 Å². The number of nitrogens with zero attached hydrogens (tertiary/aromatic N) is 1. The summed E-state index contributed by atoms with van der Waals surface area (Å²) in [4.78, 5) is 1.84. The van der Waals surface area contributed by atoms with Gasteiger partial charge in [0.05, 0.1) is 6.00 Å². The van der Waals surface area contributed by atoms with Crippen LogP contribution in [0, 0.1) is 12.7 Å². The minimum Gasteiger partial charge on any atom is -0.361 e. The molecule has 1 rings (SSSR count). The van der Waals surface area contributed by atoms with Gasteiger partial charge in [0, 0.05) is 12.7 Å². The number of alkyl halides is 1. The second-order valence-electron chi connectivity index (χ2n) is 2.75. The topological polar surface area (TPSA) is 3.24 Å². The monoisotopic (exact) mass is 187 g/mol. The Labute approximate surface area is 76.8 Å². The summed E-state index contributed by atoms with van der Waals surface area (Å²) in [6, 6.07) is 5.35. The molecule has 0 spiro atoms. The lowest BCUT2D eigenvalue weighted by Gasteiger charge is -2.15. The minimum atomic E-state index is -0.179. The molecule has 0 saturated heterocycles. The number of anilines is 1. The van der Waals surface area contributed by atoms with Crippen LogP contribution >= 0.6 is 11.6 Å². The van der Waals surface area contributed by atoms with Crippen LogP contribution in [-0.2, 0) is 0 Å². The normalized spacial score (nSPS) is 10.0. The van der Waals surface area contributed by atoms with Crippen molar-refractivity contribution in [1.29, 1.82) is 0 Å². The molecule has 3 heteroatoms. The first-order valence-electron chi connectivity index (χ1n) is 3.68. The molecule has 1 aromatic carbocycles. The number of hydrogen-bond donors (Lipinski definition) is 0. The van der Waals surface area contributed by atoms with E-state index in [1.54, 1.807) is 19.1 Å². The molecule has 0 atom stereocenters. The molecule has 12 heavy (non-hydrogen) atoms. The van der Waals surface area contributed by atoms with Crippen LogP contribution in [0.4, 0.5) is 10.1 Å². The van der Waals surface area contributed by atoms with Gasteiger partial charge in [-0.1, -0.05) is 0 Å². The summed E-state index contributed by atoms with van der Waals surface area (Å²) < 4.78 is 12.8. The molecular weight excluding hydrogens is 177 g/mol. The lowest BCUT2D eigenvalue weighted by Crippen LogP contribution is -2.14. The van der Waals surface area contributed by atoms with Crippen LogP contribution < -0.4 is 4.90 Å². The Balaban J connectivity index is 2.96. The Bertz CT molecular complexity index is 275. The third kappa shape index (κ3) is 1.89. The van der Waals surface area contributed by atoms with Crippen LogP contribution in [0.1, 0.15) is 5.56 Å². The standard InChI is InChI=1S/C9H11ClFN/c1-7-5-8(12(2)6-10)3-4-9(7)11/h3-5H,6H2,1-2H3. The van der Waals surface area contributed by atoms with E-state index in [9.17, 15) is 4.39 Å². The lowest BCUT2D eigenvalue weighted by atomic mass is 10.2. The van der Waals surface area contributed by atoms with Gasteiger partial charge in [-0.25, -0.2) is 4.39 Å². The number of aryl methyl sites for hydroxylation is 1. The third-order valence-electron chi connectivity index (χ3n) is 1.76. The van der Waals surface area contributed by atoms with Crippen molar-refractivity contribution in [2.75, 3.05) is 18.0 Å². The molecule has 0 aromatic heterocycles. The van der Waals surface area contributed by atoms with E-state index in [1.807, 2.05) is 11.9 Å². The predicted molar refractivity (Wildman–Crippen MR) is 50.3 cm³/mol. The first kappa shape index (κ1) is 9.33. The highest BCUT2D eigenvalue weighted by atomic mass is 35.5. The highest BCUT2D eigenvalue weighted by molar-refractivity contribution is 6.18. The van der Waals surface area contributed by atoms with Gasteiger partial charge in [0.15, 0.2) is 0 Å². The number of rotatable bonds is 2. The molecule has 0 amide bonds. The van der Waals surface area contributed by atoms with Crippen molar-refractivity contribution < 1.29 is 4.39 Å². The van der Waals surface area contributed by atoms with Crippen LogP contribution in [0.5, 0.6) is 0 Å². The van der Waals surface area contributed by atoms with Crippen LogP contribution in [0.2, 0.25) is 0 Å². The molecule has 0 aliphatic rings. The van der Waals surface area contributed by atoms with Gasteiger partial charge >= 0.3 is 0 Å². The smallest absolute Gasteiger partial charge is 0.126 e. The van der Waals surface area contributed by atoms with Crippen molar-refractivity contribution in [1.82, 2.24) is 0 Å². The van der Waals surface area contributed by atoms with E-state index < -0.39 is 0 Å². The van der Waals surface area contributed by atoms with Crippen LogP contribution in [-0.4, -0.2) is 13.1 Å². The molecule has 0 radical (unpaired) electrons. The fourth-order valence-electron chi connectivity index (χ4n) is 0.935. The number of halogens is 2. The maximum Gasteiger partial charge on any atom is 0.126 e. The summed E-state index contributed by atoms with van der Waals surface area (Å²) in [5.74, 6) is -0.179. The van der Waals surface area contributed by atoms with Crippen molar-refractivity contribution >= 4 is 17.3 Å². The average Bonchev–Trinajstić information content (AvgIpc) is 2.08. The van der Waals surface area contributed by atoms with Gasteiger partial charge in [-0.3, -0.25) is 0 Å². The molecule has 0 fully saturated rings. The second kappa shape index (κ2) is 3.76. The van der Waals surface area contributed by atoms with E-state index in [4.69, 9.17) is 11.6 Å². The highest BCUT2D eigenvalue weighted by Crippen LogP contribution is 2.17. The van der Waals surface area contributed by atoms with Gasteiger partial charge in [0.1, 0.15) is 5.82 Å². The quantitative estimate of drug-likeness (QED) is 0.509. The van der Waals surface area contributed by atoms with Crippen LogP contribution in [0.15, 0.2) is 18.2 Å². The Kier molecular flexibility index (Phi) is 2.93. The Hall–Kier alpha value is -0.760. The molecule has 0 N–H and O–H groups in total. The highest BCUT2D eigenvalue weighted by Gasteiger charge is 2.01. The van der Waals surface area contributed by atoms with Gasteiger partial charge < -0.3 is 4.90 Å². The Morgan fingerprint density at radius 2 is 2.17 bits per heavy atom. The summed E-state index contributed by atoms with van der Waals surface area (Å²) in [5, 5.41) is 0. The maximum atomic E-state index is 12.8. The summed E-state index contributed by atoms with van der Waals surface area (Å²) in [6.45, 7) is 1.74. The van der Waals surface area contributed by atoms with E-state index in [1.165, 1.54) is 6.07 Å². The molecular formula is C9H11ClFN. The van der Waals surface area contributed by atoms with E-state index in [0.717, 1.165) is 5.69 Å². The average molecular weight is 188 g/mol. The minimum absolute atomic E-state index is 0.179. The van der Waals surface area contributed by atoms with Crippen molar-refractivity contribution in [3.8, 4) is 0 Å². The van der Waals surface area contributed by atoms with Crippen molar-refractivity contribution in [3.63, 3.8) is 0 Å². The second-order valence-corrected chi connectivity index (χ2v) is 2.99. The predicted octanol–water partition coefficient (Wildman–Crippen LogP) is 2.77. The van der Waals surface area contributed by atoms with Crippen molar-refractivity contribution in [2.24, 2.45) is 0 Å². The SMILES string of the molecule is Cc1cc(N(C)CCl)ccc1F. The summed E-state index contributed by atoms with van der Waals surface area (Å²) >= 11 is 5.61. The Morgan fingerprint density at radius 1 is 1.50 bits per heavy atom. The van der Waals surface area contributed by atoms with Gasteiger partial charge in [0.2, 0.25) is 0 Å². The number of benzene rings is 1. The van der Waals surface area contributed by atoms with Gasteiger partial charge in [-0.2, -0.15) is 0 Å². The van der Waals surface area contributed by atoms with E-state index >= 15 is 0 Å². The first-order chi connectivity index (χ1) is 5.65. The zero-order valence-corrected chi connectivity index (χ0v) is 7.90. The molecule has 0 saturated carbocycles.